The summed E-state index contributed by atoms with van der Waals surface area (Å²) < 4.78 is 14.9. The van der Waals surface area contributed by atoms with Crippen molar-refractivity contribution < 1.29 is 9.18 Å². The van der Waals surface area contributed by atoms with Crippen molar-refractivity contribution >= 4 is 21.8 Å². The number of rotatable bonds is 3. The zero-order valence-corrected chi connectivity index (χ0v) is 12.9. The summed E-state index contributed by atoms with van der Waals surface area (Å²) in [6.45, 7) is 3.51. The summed E-state index contributed by atoms with van der Waals surface area (Å²) in [6.07, 6.45) is 0. The zero-order chi connectivity index (χ0) is 14.7. The van der Waals surface area contributed by atoms with Crippen molar-refractivity contribution in [2.75, 3.05) is 0 Å². The van der Waals surface area contributed by atoms with Crippen LogP contribution in [0.1, 0.15) is 34.5 Å². The van der Waals surface area contributed by atoms with Gasteiger partial charge in [0.15, 0.2) is 0 Å². The third-order valence-electron chi connectivity index (χ3n) is 3.15. The van der Waals surface area contributed by atoms with E-state index in [2.05, 4.69) is 21.2 Å². The molecule has 2 aromatic carbocycles. The lowest BCUT2D eigenvalue weighted by molar-refractivity contribution is 0.0935. The van der Waals surface area contributed by atoms with Crippen LogP contribution in [0, 0.1) is 12.7 Å². The summed E-state index contributed by atoms with van der Waals surface area (Å²) in [6, 6.07) is 12.3. The molecule has 0 bridgehead atoms. The Hall–Kier alpha value is -1.68. The molecule has 0 aliphatic heterocycles. The van der Waals surface area contributed by atoms with Crippen molar-refractivity contribution in [1.29, 1.82) is 0 Å². The van der Waals surface area contributed by atoms with Gasteiger partial charge in [0, 0.05) is 4.47 Å². The minimum atomic E-state index is -0.465. The molecular weight excluding hydrogens is 321 g/mol. The van der Waals surface area contributed by atoms with Crippen molar-refractivity contribution in [3.8, 4) is 0 Å². The molecule has 0 aliphatic carbocycles. The maximum Gasteiger partial charge on any atom is 0.254 e. The maximum atomic E-state index is 13.9. The lowest BCUT2D eigenvalue weighted by Gasteiger charge is -2.15. The molecule has 0 fully saturated rings. The molecule has 2 rings (SSSR count). The Kier molecular flexibility index (Phi) is 4.55. The standard InChI is InChI=1S/C16H15BrFNO/c1-10-4-3-5-14(15(10)18)16(20)19-11(2)12-6-8-13(17)9-7-12/h3-9,11H,1-2H3,(H,19,20)/t11-/m0/s1. The van der Waals surface area contributed by atoms with Gasteiger partial charge in [-0.25, -0.2) is 4.39 Å². The molecule has 0 heterocycles. The summed E-state index contributed by atoms with van der Waals surface area (Å²) in [5.74, 6) is -0.866. The second kappa shape index (κ2) is 6.18. The predicted octanol–water partition coefficient (Wildman–Crippen LogP) is 4.39. The molecule has 1 N–H and O–H groups in total. The van der Waals surface area contributed by atoms with Gasteiger partial charge < -0.3 is 5.32 Å². The molecule has 0 spiro atoms. The highest BCUT2D eigenvalue weighted by atomic mass is 79.9. The highest BCUT2D eigenvalue weighted by molar-refractivity contribution is 9.10. The molecule has 0 radical (unpaired) electrons. The van der Waals surface area contributed by atoms with Gasteiger partial charge in [0.25, 0.3) is 5.91 Å². The van der Waals surface area contributed by atoms with E-state index in [0.29, 0.717) is 5.56 Å². The van der Waals surface area contributed by atoms with E-state index in [1.165, 1.54) is 6.07 Å². The molecule has 0 aromatic heterocycles. The van der Waals surface area contributed by atoms with Gasteiger partial charge in [0.1, 0.15) is 5.82 Å². The van der Waals surface area contributed by atoms with Gasteiger partial charge in [-0.15, -0.1) is 0 Å². The van der Waals surface area contributed by atoms with Gasteiger partial charge in [0.2, 0.25) is 0 Å². The fourth-order valence-corrected chi connectivity index (χ4v) is 2.20. The van der Waals surface area contributed by atoms with E-state index < -0.39 is 11.7 Å². The number of carbonyl (C=O) groups is 1. The lowest BCUT2D eigenvalue weighted by atomic mass is 10.1. The molecule has 20 heavy (non-hydrogen) atoms. The van der Waals surface area contributed by atoms with Crippen LogP contribution in [0.25, 0.3) is 0 Å². The third kappa shape index (κ3) is 3.25. The summed E-state index contributed by atoms with van der Waals surface area (Å²) in [5.41, 5.74) is 1.51. The van der Waals surface area contributed by atoms with Crippen molar-refractivity contribution in [2.24, 2.45) is 0 Å². The number of hydrogen-bond donors (Lipinski definition) is 1. The van der Waals surface area contributed by atoms with Crippen LogP contribution in [-0.4, -0.2) is 5.91 Å². The van der Waals surface area contributed by atoms with E-state index in [4.69, 9.17) is 0 Å². The Morgan fingerprint density at radius 1 is 1.20 bits per heavy atom. The Balaban J connectivity index is 2.15. The number of carbonyl (C=O) groups excluding carboxylic acids is 1. The minimum Gasteiger partial charge on any atom is -0.345 e. The van der Waals surface area contributed by atoms with Crippen LogP contribution >= 0.6 is 15.9 Å². The van der Waals surface area contributed by atoms with Crippen molar-refractivity contribution in [3.63, 3.8) is 0 Å². The number of halogens is 2. The van der Waals surface area contributed by atoms with Crippen molar-refractivity contribution in [1.82, 2.24) is 5.32 Å². The van der Waals surface area contributed by atoms with E-state index >= 15 is 0 Å². The molecule has 104 valence electrons. The van der Waals surface area contributed by atoms with Crippen LogP contribution in [0.2, 0.25) is 0 Å². The number of aryl methyl sites for hydroxylation is 1. The summed E-state index contributed by atoms with van der Waals surface area (Å²) in [4.78, 5) is 12.1. The van der Waals surface area contributed by atoms with E-state index in [1.54, 1.807) is 19.1 Å². The molecular formula is C16H15BrFNO. The van der Waals surface area contributed by atoms with E-state index in [1.807, 2.05) is 31.2 Å². The summed E-state index contributed by atoms with van der Waals surface area (Å²) in [5, 5.41) is 2.81. The van der Waals surface area contributed by atoms with Gasteiger partial charge in [0.05, 0.1) is 11.6 Å². The van der Waals surface area contributed by atoms with Crippen molar-refractivity contribution in [2.45, 2.75) is 19.9 Å². The van der Waals surface area contributed by atoms with Gasteiger partial charge in [-0.3, -0.25) is 4.79 Å². The average Bonchev–Trinajstić information content (AvgIpc) is 2.42. The van der Waals surface area contributed by atoms with Crippen LogP contribution < -0.4 is 5.32 Å². The molecule has 0 saturated carbocycles. The highest BCUT2D eigenvalue weighted by Crippen LogP contribution is 2.18. The van der Waals surface area contributed by atoms with E-state index in [9.17, 15) is 9.18 Å². The molecule has 2 nitrogen and oxygen atoms in total. The van der Waals surface area contributed by atoms with Crippen LogP contribution in [0.5, 0.6) is 0 Å². The Bertz CT molecular complexity index is 625. The van der Waals surface area contributed by atoms with Gasteiger partial charge >= 0.3 is 0 Å². The average molecular weight is 336 g/mol. The minimum absolute atomic E-state index is 0.0777. The molecule has 4 heteroatoms. The van der Waals surface area contributed by atoms with Gasteiger partial charge in [-0.2, -0.15) is 0 Å². The molecule has 1 amide bonds. The first-order valence-electron chi connectivity index (χ1n) is 6.30. The number of amides is 1. The second-order valence-electron chi connectivity index (χ2n) is 4.68. The van der Waals surface area contributed by atoms with Crippen LogP contribution in [0.4, 0.5) is 4.39 Å². The first-order valence-corrected chi connectivity index (χ1v) is 7.10. The summed E-state index contributed by atoms with van der Waals surface area (Å²) >= 11 is 3.36. The summed E-state index contributed by atoms with van der Waals surface area (Å²) in [7, 11) is 0. The second-order valence-corrected chi connectivity index (χ2v) is 5.60. The van der Waals surface area contributed by atoms with Crippen LogP contribution in [0.15, 0.2) is 46.9 Å². The van der Waals surface area contributed by atoms with Gasteiger partial charge in [-0.05, 0) is 43.2 Å². The fourth-order valence-electron chi connectivity index (χ4n) is 1.93. The lowest BCUT2D eigenvalue weighted by Crippen LogP contribution is -2.27. The maximum absolute atomic E-state index is 13.9. The monoisotopic (exact) mass is 335 g/mol. The Morgan fingerprint density at radius 3 is 2.50 bits per heavy atom. The number of nitrogens with one attached hydrogen (secondary N) is 1. The largest absolute Gasteiger partial charge is 0.345 e. The molecule has 0 unspecified atom stereocenters. The zero-order valence-electron chi connectivity index (χ0n) is 11.3. The molecule has 0 aliphatic rings. The number of benzene rings is 2. The topological polar surface area (TPSA) is 29.1 Å². The van der Waals surface area contributed by atoms with E-state index in [-0.39, 0.29) is 11.6 Å². The normalized spacial score (nSPS) is 12.0. The molecule has 0 saturated heterocycles. The Morgan fingerprint density at radius 2 is 1.85 bits per heavy atom. The fraction of sp³-hybridized carbons (Fsp3) is 0.188. The first-order chi connectivity index (χ1) is 9.49. The molecule has 2 aromatic rings. The highest BCUT2D eigenvalue weighted by Gasteiger charge is 2.15. The number of hydrogen-bond acceptors (Lipinski definition) is 1. The van der Waals surface area contributed by atoms with Gasteiger partial charge in [-0.1, -0.05) is 40.2 Å². The third-order valence-corrected chi connectivity index (χ3v) is 3.68. The van der Waals surface area contributed by atoms with E-state index in [0.717, 1.165) is 10.0 Å². The molecule has 1 atom stereocenters. The Labute approximate surface area is 126 Å². The van der Waals surface area contributed by atoms with Crippen LogP contribution in [0.3, 0.4) is 0 Å². The smallest absolute Gasteiger partial charge is 0.254 e. The SMILES string of the molecule is Cc1cccc(C(=O)N[C@@H](C)c2ccc(Br)cc2)c1F. The van der Waals surface area contributed by atoms with Crippen LogP contribution in [-0.2, 0) is 0 Å². The predicted molar refractivity (Wildman–Crippen MR) is 81.2 cm³/mol. The quantitative estimate of drug-likeness (QED) is 0.885. The first kappa shape index (κ1) is 14.7. The van der Waals surface area contributed by atoms with Crippen molar-refractivity contribution in [3.05, 3.63) is 69.4 Å².